The number of urea groups is 1. The molecule has 0 saturated heterocycles. The van der Waals surface area contributed by atoms with E-state index in [-0.39, 0.29) is 11.8 Å². The van der Waals surface area contributed by atoms with Gasteiger partial charge >= 0.3 is 6.03 Å². The van der Waals surface area contributed by atoms with Gasteiger partial charge in [-0.25, -0.2) is 9.18 Å². The Morgan fingerprint density at radius 3 is 2.43 bits per heavy atom. The molecule has 2 aromatic carbocycles. The highest BCUT2D eigenvalue weighted by Gasteiger charge is 2.25. The van der Waals surface area contributed by atoms with Crippen LogP contribution in [0.15, 0.2) is 40.9 Å². The van der Waals surface area contributed by atoms with Gasteiger partial charge in [0.15, 0.2) is 0 Å². The third-order valence-corrected chi connectivity index (χ3v) is 6.09. The van der Waals surface area contributed by atoms with Gasteiger partial charge in [-0.3, -0.25) is 0 Å². The number of aryl methyl sites for hydroxylation is 1. The van der Waals surface area contributed by atoms with E-state index < -0.39 is 0 Å². The Morgan fingerprint density at radius 2 is 1.80 bits per heavy atom. The molecule has 0 radical (unpaired) electrons. The number of carbonyl (C=O) groups is 1. The molecule has 0 aliphatic heterocycles. The normalized spacial score (nSPS) is 14.6. The number of nitrogens with one attached hydrogen (secondary N) is 2. The number of amides is 2. The third kappa shape index (κ3) is 5.97. The maximum atomic E-state index is 14.5. The lowest BCUT2D eigenvalue weighted by Crippen LogP contribution is -2.40. The molecule has 2 aromatic rings. The minimum Gasteiger partial charge on any atom is -0.367 e. The number of hydrogen-bond donors (Lipinski definition) is 2. The van der Waals surface area contributed by atoms with Crippen LogP contribution in [-0.2, 0) is 0 Å². The van der Waals surface area contributed by atoms with E-state index in [9.17, 15) is 9.18 Å². The van der Waals surface area contributed by atoms with Gasteiger partial charge in [-0.05, 0) is 59.8 Å². The summed E-state index contributed by atoms with van der Waals surface area (Å²) in [6.07, 6.45) is 5.83. The molecule has 0 heterocycles. The summed E-state index contributed by atoms with van der Waals surface area (Å²) < 4.78 is 14.9. The summed E-state index contributed by atoms with van der Waals surface area (Å²) in [5.74, 6) is 0.104. The number of hydrogen-bond acceptors (Lipinski definition) is 2. The van der Waals surface area contributed by atoms with Gasteiger partial charge in [0, 0.05) is 24.3 Å². The Morgan fingerprint density at radius 1 is 1.13 bits per heavy atom. The lowest BCUT2D eigenvalue weighted by atomic mass is 9.93. The summed E-state index contributed by atoms with van der Waals surface area (Å²) in [5, 5.41) is 5.81. The quantitative estimate of drug-likeness (QED) is 0.458. The minimum atomic E-state index is -0.341. The smallest absolute Gasteiger partial charge is 0.323 e. The summed E-state index contributed by atoms with van der Waals surface area (Å²) >= 11 is 3.28. The van der Waals surface area contributed by atoms with Crippen molar-refractivity contribution in [3.63, 3.8) is 0 Å². The first-order valence-corrected chi connectivity index (χ1v) is 11.5. The van der Waals surface area contributed by atoms with Crippen LogP contribution in [0.1, 0.15) is 51.5 Å². The van der Waals surface area contributed by atoms with Crippen molar-refractivity contribution < 1.29 is 9.18 Å². The molecule has 4 nitrogen and oxygen atoms in total. The van der Waals surface area contributed by atoms with E-state index in [4.69, 9.17) is 0 Å². The molecule has 0 aromatic heterocycles. The highest BCUT2D eigenvalue weighted by Crippen LogP contribution is 2.36. The van der Waals surface area contributed by atoms with E-state index >= 15 is 0 Å². The summed E-state index contributed by atoms with van der Waals surface area (Å²) in [6, 6.07) is 10.9. The predicted octanol–water partition coefficient (Wildman–Crippen LogP) is 7.34. The molecular weight excluding hydrogens is 445 g/mol. The standard InChI is InChI=1S/C24H31BrFN3O/c1-16(2)15-29(19-7-5-4-6-8-19)23-14-21(26)20(25)13-22(23)28-24(30)27-18-11-9-17(3)10-12-18/h9-14,16,19H,4-8,15H2,1-3H3,(H2,27,28,30). The molecule has 2 N–H and O–H groups in total. The summed E-state index contributed by atoms with van der Waals surface area (Å²) in [7, 11) is 0. The van der Waals surface area contributed by atoms with Crippen LogP contribution in [0.25, 0.3) is 0 Å². The Labute approximate surface area is 187 Å². The molecule has 0 unspecified atom stereocenters. The van der Waals surface area contributed by atoms with Crippen molar-refractivity contribution in [1.29, 1.82) is 0 Å². The van der Waals surface area contributed by atoms with Crippen molar-refractivity contribution in [2.24, 2.45) is 5.92 Å². The van der Waals surface area contributed by atoms with Crippen LogP contribution in [0.2, 0.25) is 0 Å². The van der Waals surface area contributed by atoms with Crippen LogP contribution in [0.5, 0.6) is 0 Å². The lowest BCUT2D eigenvalue weighted by molar-refractivity contribution is 0.262. The van der Waals surface area contributed by atoms with Gasteiger partial charge < -0.3 is 15.5 Å². The molecule has 1 aliphatic rings. The largest absolute Gasteiger partial charge is 0.367 e. The molecule has 1 aliphatic carbocycles. The van der Waals surface area contributed by atoms with Crippen molar-refractivity contribution in [1.82, 2.24) is 0 Å². The van der Waals surface area contributed by atoms with Crippen LogP contribution in [0.3, 0.4) is 0 Å². The second kappa shape index (κ2) is 10.3. The van der Waals surface area contributed by atoms with Crippen molar-refractivity contribution in [2.45, 2.75) is 58.9 Å². The van der Waals surface area contributed by atoms with Crippen molar-refractivity contribution in [3.8, 4) is 0 Å². The molecule has 6 heteroatoms. The van der Waals surface area contributed by atoms with Crippen molar-refractivity contribution in [2.75, 3.05) is 22.1 Å². The molecule has 30 heavy (non-hydrogen) atoms. The second-order valence-electron chi connectivity index (χ2n) is 8.57. The summed E-state index contributed by atoms with van der Waals surface area (Å²) in [6.45, 7) is 7.16. The number of benzene rings is 2. The van der Waals surface area contributed by atoms with E-state index in [1.807, 2.05) is 31.2 Å². The van der Waals surface area contributed by atoms with E-state index in [0.29, 0.717) is 27.8 Å². The van der Waals surface area contributed by atoms with Gasteiger partial charge in [0.05, 0.1) is 15.8 Å². The fourth-order valence-corrected chi connectivity index (χ4v) is 4.37. The van der Waals surface area contributed by atoms with Gasteiger partial charge in [0.2, 0.25) is 0 Å². The first-order valence-electron chi connectivity index (χ1n) is 10.7. The second-order valence-corrected chi connectivity index (χ2v) is 9.42. The number of halogens is 2. The number of nitrogens with zero attached hydrogens (tertiary/aromatic N) is 1. The van der Waals surface area contributed by atoms with E-state index in [1.165, 1.54) is 19.3 Å². The third-order valence-electron chi connectivity index (χ3n) is 5.48. The molecule has 0 atom stereocenters. The first-order chi connectivity index (χ1) is 14.3. The lowest BCUT2D eigenvalue weighted by Gasteiger charge is -2.38. The average molecular weight is 476 g/mol. The topological polar surface area (TPSA) is 44.4 Å². The monoisotopic (exact) mass is 475 g/mol. The molecular formula is C24H31BrFN3O. The van der Waals surface area contributed by atoms with Crippen LogP contribution in [0.4, 0.5) is 26.2 Å². The van der Waals surface area contributed by atoms with Gasteiger partial charge in [0.25, 0.3) is 0 Å². The Balaban J connectivity index is 1.88. The highest BCUT2D eigenvalue weighted by molar-refractivity contribution is 9.10. The summed E-state index contributed by atoms with van der Waals surface area (Å²) in [5.41, 5.74) is 3.20. The maximum Gasteiger partial charge on any atom is 0.323 e. The number of carbonyl (C=O) groups excluding carboxylic acids is 1. The van der Waals surface area contributed by atoms with Gasteiger partial charge in [0.1, 0.15) is 5.82 Å². The highest BCUT2D eigenvalue weighted by atomic mass is 79.9. The van der Waals surface area contributed by atoms with Gasteiger partial charge in [-0.2, -0.15) is 0 Å². The summed E-state index contributed by atoms with van der Waals surface area (Å²) in [4.78, 5) is 15.0. The fourth-order valence-electron chi connectivity index (χ4n) is 4.03. The molecule has 162 valence electrons. The first kappa shape index (κ1) is 22.6. The fraction of sp³-hybridized carbons (Fsp3) is 0.458. The molecule has 0 spiro atoms. The van der Waals surface area contributed by atoms with Crippen molar-refractivity contribution >= 4 is 39.0 Å². The number of rotatable bonds is 6. The molecule has 1 fully saturated rings. The SMILES string of the molecule is Cc1ccc(NC(=O)Nc2cc(Br)c(F)cc2N(CC(C)C)C2CCCCC2)cc1. The van der Waals surface area contributed by atoms with Crippen molar-refractivity contribution in [3.05, 3.63) is 52.3 Å². The Kier molecular flexibility index (Phi) is 7.75. The van der Waals surface area contributed by atoms with Crippen LogP contribution in [-0.4, -0.2) is 18.6 Å². The molecule has 0 bridgehead atoms. The zero-order valence-corrected chi connectivity index (χ0v) is 19.6. The van der Waals surface area contributed by atoms with Crippen LogP contribution >= 0.6 is 15.9 Å². The Hall–Kier alpha value is -2.08. The molecule has 1 saturated carbocycles. The van der Waals surface area contributed by atoms with Crippen LogP contribution in [0, 0.1) is 18.7 Å². The average Bonchev–Trinajstić information content (AvgIpc) is 2.71. The van der Waals surface area contributed by atoms with Gasteiger partial charge in [-0.1, -0.05) is 50.8 Å². The van der Waals surface area contributed by atoms with Gasteiger partial charge in [-0.15, -0.1) is 0 Å². The minimum absolute atomic E-state index is 0.320. The Bertz CT molecular complexity index is 863. The van der Waals surface area contributed by atoms with E-state index in [2.05, 4.69) is 45.3 Å². The van der Waals surface area contributed by atoms with Crippen LogP contribution < -0.4 is 15.5 Å². The molecule has 3 rings (SSSR count). The number of anilines is 3. The maximum absolute atomic E-state index is 14.5. The van der Waals surface area contributed by atoms with E-state index in [0.717, 1.165) is 30.6 Å². The van der Waals surface area contributed by atoms with E-state index in [1.54, 1.807) is 12.1 Å². The zero-order chi connectivity index (χ0) is 21.7. The molecule has 2 amide bonds. The predicted molar refractivity (Wildman–Crippen MR) is 127 cm³/mol. The zero-order valence-electron chi connectivity index (χ0n) is 18.0.